The maximum absolute atomic E-state index is 12.9. The number of thioether (sulfide) groups is 1. The third kappa shape index (κ3) is 3.92. The van der Waals surface area contributed by atoms with Gasteiger partial charge in [0.05, 0.1) is 18.8 Å². The fraction of sp³-hybridized carbons (Fsp3) is 0.556. The van der Waals surface area contributed by atoms with E-state index in [0.29, 0.717) is 11.8 Å². The number of carbonyl (C=O) groups is 2. The van der Waals surface area contributed by atoms with Crippen LogP contribution in [0.3, 0.4) is 0 Å². The number of nitrogens with zero attached hydrogens (tertiary/aromatic N) is 1. The van der Waals surface area contributed by atoms with Crippen LogP contribution in [0.15, 0.2) is 29.2 Å². The molecule has 1 aromatic rings. The van der Waals surface area contributed by atoms with Crippen LogP contribution < -0.4 is 15.5 Å². The van der Waals surface area contributed by atoms with Crippen LogP contribution in [0, 0.1) is 5.92 Å². The lowest BCUT2D eigenvalue weighted by Gasteiger charge is -2.29. The molecule has 0 bridgehead atoms. The molecule has 2 aliphatic heterocycles. The number of quaternary nitrogens is 1. The van der Waals surface area contributed by atoms with Gasteiger partial charge in [-0.2, -0.15) is 0 Å². The van der Waals surface area contributed by atoms with Crippen LogP contribution in [0.2, 0.25) is 0 Å². The van der Waals surface area contributed by atoms with Gasteiger partial charge < -0.3 is 15.5 Å². The molecule has 0 spiro atoms. The Morgan fingerprint density at radius 1 is 1.25 bits per heavy atom. The smallest absolute Gasteiger partial charge is 0.282 e. The first kappa shape index (κ1) is 17.3. The summed E-state index contributed by atoms with van der Waals surface area (Å²) >= 11 is 1.85. The number of amides is 2. The Morgan fingerprint density at radius 3 is 2.67 bits per heavy atom. The average Bonchev–Trinajstić information content (AvgIpc) is 2.73. The molecule has 0 saturated carbocycles. The van der Waals surface area contributed by atoms with Crippen molar-refractivity contribution in [2.24, 2.45) is 11.7 Å². The van der Waals surface area contributed by atoms with Crippen molar-refractivity contribution in [2.45, 2.75) is 36.3 Å². The van der Waals surface area contributed by atoms with Gasteiger partial charge in [-0.3, -0.25) is 9.59 Å². The molecule has 1 atom stereocenters. The zero-order valence-electron chi connectivity index (χ0n) is 14.2. The Labute approximate surface area is 147 Å². The number of benzene rings is 1. The lowest BCUT2D eigenvalue weighted by molar-refractivity contribution is -0.897. The van der Waals surface area contributed by atoms with E-state index >= 15 is 0 Å². The number of primary amides is 1. The lowest BCUT2D eigenvalue weighted by atomic mass is 9.96. The molecule has 0 radical (unpaired) electrons. The minimum Gasteiger partial charge on any atom is -0.369 e. The first-order valence-corrected chi connectivity index (χ1v) is 9.61. The number of hydrogen-bond donors (Lipinski definition) is 2. The number of nitrogens with two attached hydrogens (primary N) is 1. The zero-order valence-corrected chi connectivity index (χ0v) is 15.0. The molecule has 0 aromatic heterocycles. The summed E-state index contributed by atoms with van der Waals surface area (Å²) in [5.41, 5.74) is 6.43. The maximum Gasteiger partial charge on any atom is 0.282 e. The Hall–Kier alpha value is -1.53. The first-order valence-electron chi connectivity index (χ1n) is 8.73. The summed E-state index contributed by atoms with van der Waals surface area (Å²) in [5, 5.41) is 0.516. The Morgan fingerprint density at radius 2 is 1.96 bits per heavy atom. The number of likely N-dealkylation sites (tertiary alicyclic amines) is 1. The first-order chi connectivity index (χ1) is 11.5. The molecule has 5 nitrogen and oxygen atoms in total. The summed E-state index contributed by atoms with van der Waals surface area (Å²) < 4.78 is 0. The molecule has 3 rings (SSSR count). The number of anilines is 1. The number of para-hydroxylation sites is 1. The second kappa shape index (κ2) is 7.57. The average molecular weight is 348 g/mol. The fourth-order valence-corrected chi connectivity index (χ4v) is 4.66. The molecule has 1 fully saturated rings. The summed E-state index contributed by atoms with van der Waals surface area (Å²) in [6, 6.07) is 8.19. The topological polar surface area (TPSA) is 67.8 Å². The molecule has 1 aromatic carbocycles. The lowest BCUT2D eigenvalue weighted by Crippen LogP contribution is -3.14. The van der Waals surface area contributed by atoms with Crippen molar-refractivity contribution in [2.75, 3.05) is 31.1 Å². The third-order valence-electron chi connectivity index (χ3n) is 5.04. The Bertz CT molecular complexity index is 614. The van der Waals surface area contributed by atoms with Crippen LogP contribution in [-0.4, -0.2) is 43.2 Å². The second-order valence-corrected chi connectivity index (χ2v) is 8.31. The summed E-state index contributed by atoms with van der Waals surface area (Å²) in [7, 11) is 0. The van der Waals surface area contributed by atoms with Gasteiger partial charge in [-0.15, -0.1) is 11.8 Å². The molecule has 0 aliphatic carbocycles. The van der Waals surface area contributed by atoms with Gasteiger partial charge >= 0.3 is 0 Å². The Kier molecular flexibility index (Phi) is 5.46. The van der Waals surface area contributed by atoms with E-state index in [1.165, 1.54) is 9.80 Å². The highest BCUT2D eigenvalue weighted by Gasteiger charge is 2.30. The van der Waals surface area contributed by atoms with E-state index < -0.39 is 0 Å². The van der Waals surface area contributed by atoms with Gasteiger partial charge in [0.15, 0.2) is 6.54 Å². The molecule has 0 unspecified atom stereocenters. The van der Waals surface area contributed by atoms with Gasteiger partial charge in [0.25, 0.3) is 5.91 Å². The van der Waals surface area contributed by atoms with E-state index in [9.17, 15) is 9.59 Å². The van der Waals surface area contributed by atoms with E-state index in [0.717, 1.165) is 44.6 Å². The molecule has 1 saturated heterocycles. The van der Waals surface area contributed by atoms with Crippen LogP contribution >= 0.6 is 11.8 Å². The van der Waals surface area contributed by atoms with Crippen LogP contribution in [-0.2, 0) is 9.59 Å². The molecule has 3 N–H and O–H groups in total. The molecule has 2 aliphatic rings. The molecular formula is C18H26N3O2S+. The number of rotatable bonds is 3. The van der Waals surface area contributed by atoms with Crippen molar-refractivity contribution >= 4 is 29.3 Å². The standard InChI is InChI=1S/C18H25N3O2S/c1-13-6-11-21(15-4-2-3-5-16(15)24-13)17(22)12-20-9-7-14(8-10-20)18(19)23/h2-5,13-14H,6-12H2,1H3,(H2,19,23)/p+1/t13-/m0/s1. The normalized spacial score (nSPS) is 27.2. The minimum absolute atomic E-state index is 0.0139. The summed E-state index contributed by atoms with van der Waals surface area (Å²) in [5.74, 6) is -0.0301. The van der Waals surface area contributed by atoms with E-state index in [2.05, 4.69) is 13.0 Å². The Balaban J connectivity index is 1.66. The highest BCUT2D eigenvalue weighted by Crippen LogP contribution is 2.37. The van der Waals surface area contributed by atoms with Gasteiger partial charge in [-0.05, 0) is 18.6 Å². The largest absolute Gasteiger partial charge is 0.369 e. The molecule has 2 heterocycles. The number of carbonyl (C=O) groups excluding carboxylic acids is 2. The summed E-state index contributed by atoms with van der Waals surface area (Å²) in [4.78, 5) is 28.6. The van der Waals surface area contributed by atoms with Crippen molar-refractivity contribution in [3.8, 4) is 0 Å². The number of piperidine rings is 1. The second-order valence-electron chi connectivity index (χ2n) is 6.83. The van der Waals surface area contributed by atoms with Crippen molar-refractivity contribution in [3.05, 3.63) is 24.3 Å². The predicted octanol–water partition coefficient (Wildman–Crippen LogP) is 0.684. The number of hydrogen-bond acceptors (Lipinski definition) is 3. The highest BCUT2D eigenvalue weighted by molar-refractivity contribution is 8.00. The van der Waals surface area contributed by atoms with Crippen LogP contribution in [0.5, 0.6) is 0 Å². The van der Waals surface area contributed by atoms with Gasteiger partial charge in [-0.1, -0.05) is 19.1 Å². The van der Waals surface area contributed by atoms with E-state index in [1.54, 1.807) is 0 Å². The SMILES string of the molecule is C[C@H]1CCN(C(=O)C[NH+]2CCC(C(N)=O)CC2)c2ccccc2S1. The molecule has 2 amide bonds. The molecule has 130 valence electrons. The minimum atomic E-state index is -0.201. The van der Waals surface area contributed by atoms with Crippen molar-refractivity contribution in [1.29, 1.82) is 0 Å². The van der Waals surface area contributed by atoms with Crippen molar-refractivity contribution in [1.82, 2.24) is 0 Å². The summed E-state index contributed by atoms with van der Waals surface area (Å²) in [6.07, 6.45) is 2.59. The van der Waals surface area contributed by atoms with Crippen molar-refractivity contribution < 1.29 is 14.5 Å². The van der Waals surface area contributed by atoms with Gasteiger partial charge in [-0.25, -0.2) is 0 Å². The molecule has 6 heteroatoms. The third-order valence-corrected chi connectivity index (χ3v) is 6.28. The maximum atomic E-state index is 12.9. The van der Waals surface area contributed by atoms with Crippen LogP contribution in [0.1, 0.15) is 26.2 Å². The van der Waals surface area contributed by atoms with Crippen molar-refractivity contribution in [3.63, 3.8) is 0 Å². The van der Waals surface area contributed by atoms with Gasteiger partial charge in [0.2, 0.25) is 5.91 Å². The van der Waals surface area contributed by atoms with Gasteiger partial charge in [0.1, 0.15) is 0 Å². The van der Waals surface area contributed by atoms with E-state index in [1.807, 2.05) is 34.9 Å². The van der Waals surface area contributed by atoms with Gasteiger partial charge in [0, 0.05) is 35.4 Å². The summed E-state index contributed by atoms with van der Waals surface area (Å²) in [6.45, 7) is 5.19. The van der Waals surface area contributed by atoms with E-state index in [-0.39, 0.29) is 17.7 Å². The highest BCUT2D eigenvalue weighted by atomic mass is 32.2. The van der Waals surface area contributed by atoms with Crippen LogP contribution in [0.4, 0.5) is 5.69 Å². The number of fused-ring (bicyclic) bond motifs is 1. The fourth-order valence-electron chi connectivity index (χ4n) is 3.54. The monoisotopic (exact) mass is 348 g/mol. The molecular weight excluding hydrogens is 322 g/mol. The number of nitrogens with one attached hydrogen (secondary N) is 1. The van der Waals surface area contributed by atoms with E-state index in [4.69, 9.17) is 5.73 Å². The quantitative estimate of drug-likeness (QED) is 0.844. The molecule has 24 heavy (non-hydrogen) atoms. The predicted molar refractivity (Wildman–Crippen MR) is 96.2 cm³/mol. The zero-order chi connectivity index (χ0) is 17.1. The van der Waals surface area contributed by atoms with Crippen LogP contribution in [0.25, 0.3) is 0 Å².